The Morgan fingerprint density at radius 1 is 1.07 bits per heavy atom. The minimum absolute atomic E-state index is 0.108. The number of piperidine rings is 1. The Hall–Kier alpha value is -3.63. The van der Waals surface area contributed by atoms with Crippen LogP contribution in [0.2, 0.25) is 5.02 Å². The summed E-state index contributed by atoms with van der Waals surface area (Å²) in [5.41, 5.74) is -1.35. The van der Waals surface area contributed by atoms with Crippen molar-refractivity contribution in [3.8, 4) is 0 Å². The molecule has 0 saturated carbocycles. The van der Waals surface area contributed by atoms with Crippen molar-refractivity contribution >= 4 is 63.8 Å². The van der Waals surface area contributed by atoms with Gasteiger partial charge in [0.25, 0.3) is 17.0 Å². The summed E-state index contributed by atoms with van der Waals surface area (Å²) in [6, 6.07) is 1.72. The first-order valence-electron chi connectivity index (χ1n) is 13.5. The molecule has 1 saturated heterocycles. The first-order valence-corrected chi connectivity index (χ1v) is 15.1. The van der Waals surface area contributed by atoms with Gasteiger partial charge in [-0.3, -0.25) is 9.59 Å². The van der Waals surface area contributed by atoms with E-state index in [1.165, 1.54) is 12.5 Å². The molecule has 0 aliphatic carbocycles. The topological polar surface area (TPSA) is 134 Å². The smallest absolute Gasteiger partial charge is 0.418 e. The van der Waals surface area contributed by atoms with E-state index in [1.807, 2.05) is 25.7 Å². The number of rotatable bonds is 7. The van der Waals surface area contributed by atoms with Crippen LogP contribution >= 0.6 is 35.2 Å². The van der Waals surface area contributed by atoms with Crippen LogP contribution in [0.25, 0.3) is 0 Å². The van der Waals surface area contributed by atoms with Gasteiger partial charge in [0.15, 0.2) is 0 Å². The largest absolute Gasteiger partial charge is 0.465 e. The van der Waals surface area contributed by atoms with Crippen LogP contribution in [-0.4, -0.2) is 66.6 Å². The van der Waals surface area contributed by atoms with Gasteiger partial charge in [-0.1, -0.05) is 11.6 Å². The van der Waals surface area contributed by atoms with Crippen LogP contribution in [-0.2, 0) is 10.9 Å². The molecule has 1 aliphatic rings. The van der Waals surface area contributed by atoms with Crippen LogP contribution in [0.1, 0.15) is 77.3 Å². The summed E-state index contributed by atoms with van der Waals surface area (Å²) in [5, 5.41) is 8.74. The highest BCUT2D eigenvalue weighted by molar-refractivity contribution is 7.80. The second kappa shape index (κ2) is 13.6. The van der Waals surface area contributed by atoms with Crippen LogP contribution in [0.3, 0.4) is 0 Å². The molecule has 0 bridgehead atoms. The van der Waals surface area contributed by atoms with E-state index < -0.39 is 34.6 Å². The highest BCUT2D eigenvalue weighted by Gasteiger charge is 2.34. The van der Waals surface area contributed by atoms with Gasteiger partial charge in [-0.05, 0) is 58.8 Å². The van der Waals surface area contributed by atoms with Crippen molar-refractivity contribution in [1.82, 2.24) is 30.2 Å². The van der Waals surface area contributed by atoms with E-state index in [2.05, 4.69) is 35.9 Å². The van der Waals surface area contributed by atoms with E-state index in [1.54, 1.807) is 13.0 Å². The molecule has 3 N–H and O–H groups in total. The molecule has 0 aromatic carbocycles. The number of likely N-dealkylation sites (tertiary alicyclic amines) is 1. The molecule has 0 spiro atoms. The van der Waals surface area contributed by atoms with Crippen LogP contribution < -0.4 is 16.0 Å². The Morgan fingerprint density at radius 2 is 1.77 bits per heavy atom. The number of nitrogens with zero attached hydrogens (tertiary/aromatic N) is 5. The summed E-state index contributed by atoms with van der Waals surface area (Å²) in [7, 11) is 0. The van der Waals surface area contributed by atoms with Gasteiger partial charge in [0.1, 0.15) is 39.1 Å². The van der Waals surface area contributed by atoms with Gasteiger partial charge < -0.3 is 25.6 Å². The third-order valence-corrected chi connectivity index (χ3v) is 8.09. The molecule has 4 heterocycles. The lowest BCUT2D eigenvalue weighted by molar-refractivity contribution is -0.137. The fourth-order valence-corrected chi connectivity index (χ4v) is 5.59. The van der Waals surface area contributed by atoms with Crippen molar-refractivity contribution in [1.29, 1.82) is 0 Å². The maximum atomic E-state index is 13.1. The van der Waals surface area contributed by atoms with Gasteiger partial charge in [-0.25, -0.2) is 19.9 Å². The van der Waals surface area contributed by atoms with Gasteiger partial charge in [0, 0.05) is 31.4 Å². The summed E-state index contributed by atoms with van der Waals surface area (Å²) in [6.45, 7) is 8.98. The second-order valence-corrected chi connectivity index (χ2v) is 12.8. The molecule has 3 aromatic heterocycles. The molecule has 2 amide bonds. The third kappa shape index (κ3) is 8.95. The minimum atomic E-state index is -4.71. The summed E-state index contributed by atoms with van der Waals surface area (Å²) in [6.07, 6.45) is 0.260. The number of ether oxygens (including phenoxy) is 1. The molecule has 3 aromatic rings. The van der Waals surface area contributed by atoms with E-state index in [-0.39, 0.29) is 28.0 Å². The lowest BCUT2D eigenvalue weighted by Crippen LogP contribution is -2.44. The quantitative estimate of drug-likeness (QED) is 0.268. The molecule has 17 heteroatoms. The third-order valence-electron chi connectivity index (χ3n) is 6.27. The van der Waals surface area contributed by atoms with Crippen molar-refractivity contribution < 1.29 is 27.5 Å². The predicted molar refractivity (Wildman–Crippen MR) is 164 cm³/mol. The Labute approximate surface area is 266 Å². The van der Waals surface area contributed by atoms with E-state index >= 15 is 0 Å². The highest BCUT2D eigenvalue weighted by atomic mass is 35.5. The number of thiazole rings is 1. The molecule has 11 nitrogen and oxygen atoms in total. The monoisotopic (exact) mass is 670 g/mol. The summed E-state index contributed by atoms with van der Waals surface area (Å²) < 4.78 is 45.2. The van der Waals surface area contributed by atoms with Gasteiger partial charge in [-0.15, -0.1) is 11.3 Å². The van der Waals surface area contributed by atoms with Crippen molar-refractivity contribution in [3.05, 3.63) is 57.0 Å². The van der Waals surface area contributed by atoms with Crippen LogP contribution in [0.4, 0.5) is 24.8 Å². The van der Waals surface area contributed by atoms with Crippen molar-refractivity contribution in [2.24, 2.45) is 0 Å². The number of thiocarbonyl (C=S) groups is 1. The Bertz CT molecular complexity index is 1520. The number of anilines is 2. The number of alkyl halides is 3. The van der Waals surface area contributed by atoms with Crippen LogP contribution in [0.15, 0.2) is 30.9 Å². The average molecular weight is 671 g/mol. The fraction of sp³-hybridized carbons (Fsp3) is 0.444. The molecule has 4 rings (SSSR count). The van der Waals surface area contributed by atoms with Gasteiger partial charge in [0.05, 0.1) is 22.8 Å². The van der Waals surface area contributed by atoms with E-state index in [9.17, 15) is 22.8 Å². The lowest BCUT2D eigenvalue weighted by atomic mass is 10.1. The molecule has 1 fully saturated rings. The number of nitrogens with one attached hydrogen (secondary N) is 3. The maximum absolute atomic E-state index is 13.1. The number of amides is 2. The zero-order valence-electron chi connectivity index (χ0n) is 24.2. The zero-order valence-corrected chi connectivity index (χ0v) is 26.5. The first kappa shape index (κ1) is 33.3. The average Bonchev–Trinajstić information content (AvgIpc) is 3.44. The highest BCUT2D eigenvalue weighted by Crippen LogP contribution is 2.35. The van der Waals surface area contributed by atoms with Crippen molar-refractivity contribution in [2.75, 3.05) is 23.7 Å². The van der Waals surface area contributed by atoms with Gasteiger partial charge >= 0.3 is 6.18 Å². The maximum Gasteiger partial charge on any atom is 0.418 e. The normalized spacial score (nSPS) is 15.0. The van der Waals surface area contributed by atoms with Gasteiger partial charge in [-0.2, -0.15) is 13.2 Å². The molecule has 236 valence electrons. The van der Waals surface area contributed by atoms with Crippen LogP contribution in [0, 0.1) is 0 Å². The number of carbonyl (C=O) groups is 2. The predicted octanol–water partition coefficient (Wildman–Crippen LogP) is 5.72. The van der Waals surface area contributed by atoms with E-state index in [4.69, 9.17) is 28.6 Å². The zero-order chi connectivity index (χ0) is 32.2. The molecule has 1 unspecified atom stereocenters. The fourth-order valence-electron chi connectivity index (χ4n) is 4.13. The summed E-state index contributed by atoms with van der Waals surface area (Å²) in [4.78, 5) is 43.9. The van der Waals surface area contributed by atoms with Crippen LogP contribution in [0.5, 0.6) is 0 Å². The summed E-state index contributed by atoms with van der Waals surface area (Å²) in [5.74, 6) is -1.01. The molecule has 44 heavy (non-hydrogen) atoms. The Kier molecular flexibility index (Phi) is 10.3. The van der Waals surface area contributed by atoms with E-state index in [0.717, 1.165) is 43.5 Å². The lowest BCUT2D eigenvalue weighted by Gasteiger charge is -2.35. The molecule has 1 aliphatic heterocycles. The number of hydrogen-bond acceptors (Lipinski definition) is 10. The Morgan fingerprint density at radius 3 is 2.43 bits per heavy atom. The summed E-state index contributed by atoms with van der Waals surface area (Å²) >= 11 is 12.0. The minimum Gasteiger partial charge on any atom is -0.465 e. The molecular formula is C27H30ClF3N8O3S2. The number of carbonyl (C=O) groups excluding carboxylic acids is 2. The number of pyridine rings is 1. The molecule has 1 atom stereocenters. The first-order chi connectivity index (χ1) is 20.6. The number of aromatic nitrogens is 4. The molecule has 0 radical (unpaired) electrons. The van der Waals surface area contributed by atoms with Crippen molar-refractivity contribution in [2.45, 2.75) is 64.4 Å². The molecular weight excluding hydrogens is 641 g/mol. The second-order valence-electron chi connectivity index (χ2n) is 10.9. The Balaban J connectivity index is 1.31. The standard InChI is InChI=1S/C27H30ClF3N8O3S2/c1-14(24-33-12-19(44-24)23(41)38-20-9-16(27(29,30)31)17(28)11-32-20)36-22(40)18-10-21(35-13-34-18)37-15-5-7-39(8-6-15)25(43)42-26(2,3)4/h9-15H,5-8H2,1-4H3,(H,36,40)(H,32,38,41)(H,34,35,37). The van der Waals surface area contributed by atoms with Crippen molar-refractivity contribution in [3.63, 3.8) is 0 Å². The van der Waals surface area contributed by atoms with Gasteiger partial charge in [0.2, 0.25) is 0 Å². The van der Waals surface area contributed by atoms with E-state index in [0.29, 0.717) is 22.1 Å². The number of hydrogen-bond donors (Lipinski definition) is 3. The number of halogens is 4. The SMILES string of the molecule is CC(NC(=O)c1cc(NC2CCN(C(=S)OC(C)(C)C)CC2)ncn1)c1ncc(C(=O)Nc2cc(C(F)(F)F)c(Cl)cn2)s1.